The van der Waals surface area contributed by atoms with Crippen LogP contribution in [0.1, 0.15) is 43.0 Å². The Morgan fingerprint density at radius 3 is 2.85 bits per heavy atom. The minimum Gasteiger partial charge on any atom is -0.345 e. The second-order valence-corrected chi connectivity index (χ2v) is 7.50. The third-order valence-corrected chi connectivity index (χ3v) is 5.03. The molecule has 2 aromatic rings. The maximum absolute atomic E-state index is 12.7. The van der Waals surface area contributed by atoms with Crippen molar-refractivity contribution >= 4 is 0 Å². The summed E-state index contributed by atoms with van der Waals surface area (Å²) in [6, 6.07) is 0. The Balaban J connectivity index is 1.74. The van der Waals surface area contributed by atoms with Crippen LogP contribution in [-0.2, 0) is 19.6 Å². The third-order valence-electron chi connectivity index (χ3n) is 5.03. The molecular weight excluding hydrogens is 330 g/mol. The number of aromatic nitrogens is 5. The summed E-state index contributed by atoms with van der Waals surface area (Å²) in [5, 5.41) is 4.71. The molecule has 1 aliphatic rings. The molecule has 1 saturated heterocycles. The van der Waals surface area contributed by atoms with Crippen molar-refractivity contribution in [1.29, 1.82) is 0 Å². The fraction of sp³-hybridized carbons (Fsp3) is 0.722. The van der Waals surface area contributed by atoms with Gasteiger partial charge in [0.25, 0.3) is 0 Å². The van der Waals surface area contributed by atoms with Gasteiger partial charge in [0, 0.05) is 37.4 Å². The van der Waals surface area contributed by atoms with Gasteiger partial charge in [-0.25, -0.2) is 14.5 Å². The van der Waals surface area contributed by atoms with Crippen LogP contribution < -0.4 is 5.69 Å². The molecule has 1 unspecified atom stereocenters. The molecule has 1 atom stereocenters. The van der Waals surface area contributed by atoms with Gasteiger partial charge in [-0.15, -0.1) is 0 Å². The first kappa shape index (κ1) is 18.8. The summed E-state index contributed by atoms with van der Waals surface area (Å²) in [6.07, 6.45) is 4.07. The van der Waals surface area contributed by atoms with E-state index in [0.717, 1.165) is 56.4 Å². The van der Waals surface area contributed by atoms with Gasteiger partial charge in [-0.1, -0.05) is 0 Å². The zero-order valence-electron chi connectivity index (χ0n) is 16.4. The molecule has 8 nitrogen and oxygen atoms in total. The molecule has 8 heteroatoms. The first-order valence-electron chi connectivity index (χ1n) is 9.53. The quantitative estimate of drug-likeness (QED) is 0.797. The number of likely N-dealkylation sites (tertiary alicyclic amines) is 1. The Hall–Kier alpha value is -1.93. The molecule has 0 radical (unpaired) electrons. The molecule has 26 heavy (non-hydrogen) atoms. The van der Waals surface area contributed by atoms with Crippen LogP contribution in [-0.4, -0.2) is 67.8 Å². The number of likely N-dealkylation sites (N-methyl/N-ethyl adjacent to an activating group) is 1. The number of hydrogen-bond donors (Lipinski definition) is 1. The smallest absolute Gasteiger partial charge is 0.345 e. The van der Waals surface area contributed by atoms with Crippen LogP contribution in [0, 0.1) is 6.92 Å². The minimum atomic E-state index is 0.0168. The normalized spacial score (nSPS) is 18.7. The second-order valence-electron chi connectivity index (χ2n) is 7.50. The number of rotatable bonds is 7. The van der Waals surface area contributed by atoms with Crippen molar-refractivity contribution in [3.63, 3.8) is 0 Å². The highest BCUT2D eigenvalue weighted by molar-refractivity contribution is 5.03. The zero-order chi connectivity index (χ0) is 18.7. The molecule has 144 valence electrons. The Morgan fingerprint density at radius 2 is 2.19 bits per heavy atom. The molecule has 0 bridgehead atoms. The van der Waals surface area contributed by atoms with Gasteiger partial charge in [0.05, 0.1) is 13.1 Å². The Kier molecular flexibility index (Phi) is 5.93. The number of nitrogens with one attached hydrogen (secondary N) is 1. The van der Waals surface area contributed by atoms with Crippen molar-refractivity contribution in [2.75, 3.05) is 33.7 Å². The van der Waals surface area contributed by atoms with Gasteiger partial charge in [0.15, 0.2) is 0 Å². The van der Waals surface area contributed by atoms with Gasteiger partial charge < -0.3 is 9.88 Å². The molecule has 2 aromatic heterocycles. The average molecular weight is 361 g/mol. The van der Waals surface area contributed by atoms with Crippen LogP contribution in [0.3, 0.4) is 0 Å². The molecule has 0 spiro atoms. The van der Waals surface area contributed by atoms with Crippen molar-refractivity contribution in [3.05, 3.63) is 34.0 Å². The molecule has 1 aliphatic heterocycles. The average Bonchev–Trinajstić information content (AvgIpc) is 3.16. The molecule has 0 amide bonds. The minimum absolute atomic E-state index is 0.0168. The van der Waals surface area contributed by atoms with Gasteiger partial charge in [0.2, 0.25) is 0 Å². The summed E-state index contributed by atoms with van der Waals surface area (Å²) < 4.78 is 3.48. The van der Waals surface area contributed by atoms with E-state index in [4.69, 9.17) is 5.10 Å². The standard InChI is InChI=1S/C18H31N7O/c1-5-24-17(21-25(18(24)26)10-9-22(3)4)15-7-6-8-23(12-15)13-16-19-11-14(2)20-16/h11,15H,5-10,12-13H2,1-4H3,(H,19,20). The summed E-state index contributed by atoms with van der Waals surface area (Å²) in [6.45, 7) is 8.97. The molecular formula is C18H31N7O. The van der Waals surface area contributed by atoms with E-state index in [1.165, 1.54) is 0 Å². The molecule has 3 rings (SSSR count). The lowest BCUT2D eigenvalue weighted by atomic mass is 9.97. The number of hydrogen-bond acceptors (Lipinski definition) is 5. The lowest BCUT2D eigenvalue weighted by Crippen LogP contribution is -2.35. The van der Waals surface area contributed by atoms with Crippen molar-refractivity contribution in [3.8, 4) is 0 Å². The number of H-pyrrole nitrogens is 1. The first-order valence-corrected chi connectivity index (χ1v) is 9.53. The SMILES string of the molecule is CCn1c(C2CCCN(Cc3ncc(C)[nH]3)C2)nn(CCN(C)C)c1=O. The van der Waals surface area contributed by atoms with Crippen molar-refractivity contribution in [2.45, 2.75) is 52.2 Å². The van der Waals surface area contributed by atoms with E-state index in [1.807, 2.05) is 38.7 Å². The molecule has 1 fully saturated rings. The van der Waals surface area contributed by atoms with E-state index < -0.39 is 0 Å². The summed E-state index contributed by atoms with van der Waals surface area (Å²) in [7, 11) is 4.02. The number of nitrogens with zero attached hydrogens (tertiary/aromatic N) is 6. The zero-order valence-corrected chi connectivity index (χ0v) is 16.4. The van der Waals surface area contributed by atoms with Crippen molar-refractivity contribution < 1.29 is 0 Å². The van der Waals surface area contributed by atoms with E-state index in [1.54, 1.807) is 4.68 Å². The largest absolute Gasteiger partial charge is 0.345 e. The van der Waals surface area contributed by atoms with Gasteiger partial charge >= 0.3 is 5.69 Å². The van der Waals surface area contributed by atoms with E-state index in [2.05, 4.69) is 19.8 Å². The molecule has 1 N–H and O–H groups in total. The van der Waals surface area contributed by atoms with E-state index in [-0.39, 0.29) is 5.69 Å². The van der Waals surface area contributed by atoms with E-state index in [9.17, 15) is 4.79 Å². The Labute approximate surface area is 154 Å². The first-order chi connectivity index (χ1) is 12.5. The summed E-state index contributed by atoms with van der Waals surface area (Å²) in [4.78, 5) is 24.9. The molecule has 0 aliphatic carbocycles. The lowest BCUT2D eigenvalue weighted by molar-refractivity contribution is 0.190. The van der Waals surface area contributed by atoms with Crippen LogP contribution in [0.5, 0.6) is 0 Å². The number of imidazole rings is 1. The number of piperidine rings is 1. The van der Waals surface area contributed by atoms with Crippen molar-refractivity contribution in [2.24, 2.45) is 0 Å². The fourth-order valence-electron chi connectivity index (χ4n) is 3.67. The Bertz CT molecular complexity index is 773. The number of aromatic amines is 1. The third kappa shape index (κ3) is 4.24. The Morgan fingerprint density at radius 1 is 1.38 bits per heavy atom. The van der Waals surface area contributed by atoms with Gasteiger partial charge in [0.1, 0.15) is 11.6 Å². The van der Waals surface area contributed by atoms with Crippen LogP contribution in [0.4, 0.5) is 0 Å². The predicted molar refractivity (Wildman–Crippen MR) is 101 cm³/mol. The van der Waals surface area contributed by atoms with Crippen LogP contribution in [0.2, 0.25) is 0 Å². The monoisotopic (exact) mass is 361 g/mol. The van der Waals surface area contributed by atoms with Crippen molar-refractivity contribution in [1.82, 2.24) is 34.1 Å². The van der Waals surface area contributed by atoms with Crippen LogP contribution >= 0.6 is 0 Å². The van der Waals surface area contributed by atoms with E-state index >= 15 is 0 Å². The summed E-state index contributed by atoms with van der Waals surface area (Å²) >= 11 is 0. The summed E-state index contributed by atoms with van der Waals surface area (Å²) in [5.74, 6) is 2.25. The fourth-order valence-corrected chi connectivity index (χ4v) is 3.67. The van der Waals surface area contributed by atoms with Crippen LogP contribution in [0.15, 0.2) is 11.0 Å². The number of aryl methyl sites for hydroxylation is 1. The van der Waals surface area contributed by atoms with Gasteiger partial charge in [-0.2, -0.15) is 5.10 Å². The molecule has 3 heterocycles. The lowest BCUT2D eigenvalue weighted by Gasteiger charge is -2.31. The highest BCUT2D eigenvalue weighted by Crippen LogP contribution is 2.25. The highest BCUT2D eigenvalue weighted by Gasteiger charge is 2.27. The topological polar surface area (TPSA) is 75.0 Å². The maximum atomic E-state index is 12.7. The van der Waals surface area contributed by atoms with Crippen LogP contribution in [0.25, 0.3) is 0 Å². The molecule has 0 aromatic carbocycles. The predicted octanol–water partition coefficient (Wildman–Crippen LogP) is 1.04. The van der Waals surface area contributed by atoms with Gasteiger partial charge in [-0.3, -0.25) is 9.47 Å². The molecule has 0 saturated carbocycles. The maximum Gasteiger partial charge on any atom is 0.345 e. The van der Waals surface area contributed by atoms with Gasteiger partial charge in [-0.05, 0) is 47.3 Å². The van der Waals surface area contributed by atoms with E-state index in [0.29, 0.717) is 19.0 Å². The summed E-state index contributed by atoms with van der Waals surface area (Å²) in [5.41, 5.74) is 1.11. The highest BCUT2D eigenvalue weighted by atomic mass is 16.2. The second kappa shape index (κ2) is 8.18.